The maximum atomic E-state index is 12.1. The fraction of sp³-hybridized carbons (Fsp3) is 0.125. The van der Waals surface area contributed by atoms with Gasteiger partial charge in [0.1, 0.15) is 17.0 Å². The molecule has 1 aromatic carbocycles. The zero-order valence-corrected chi connectivity index (χ0v) is 11.5. The monoisotopic (exact) mass is 281 g/mol. The van der Waals surface area contributed by atoms with E-state index in [4.69, 9.17) is 10.2 Å². The summed E-state index contributed by atoms with van der Waals surface area (Å²) in [6.45, 7) is 1.87. The smallest absolute Gasteiger partial charge is 0.270 e. The first-order valence-electron chi connectivity index (χ1n) is 6.64. The molecule has 1 amide bonds. The van der Waals surface area contributed by atoms with E-state index < -0.39 is 0 Å². The van der Waals surface area contributed by atoms with Gasteiger partial charge in [0, 0.05) is 5.39 Å². The molecule has 0 radical (unpaired) electrons. The molecule has 5 heteroatoms. The molecule has 3 N–H and O–H groups in total. The van der Waals surface area contributed by atoms with E-state index >= 15 is 0 Å². The van der Waals surface area contributed by atoms with Gasteiger partial charge >= 0.3 is 0 Å². The number of anilines is 1. The summed E-state index contributed by atoms with van der Waals surface area (Å²) in [4.78, 5) is 16.1. The SMILES string of the molecule is CC(NC(=O)c1ccc(N)cn1)c1cc2ccccc2o1. The first-order chi connectivity index (χ1) is 10.1. The lowest BCUT2D eigenvalue weighted by Gasteiger charge is -2.10. The quantitative estimate of drug-likeness (QED) is 0.773. The molecule has 0 bridgehead atoms. The molecule has 0 aliphatic heterocycles. The predicted molar refractivity (Wildman–Crippen MR) is 80.7 cm³/mol. The third-order valence-corrected chi connectivity index (χ3v) is 3.24. The number of fused-ring (bicyclic) bond motifs is 1. The van der Waals surface area contributed by atoms with Gasteiger partial charge in [-0.1, -0.05) is 18.2 Å². The molecule has 0 aliphatic rings. The van der Waals surface area contributed by atoms with Gasteiger partial charge in [-0.05, 0) is 31.2 Å². The van der Waals surface area contributed by atoms with Crippen molar-refractivity contribution in [2.45, 2.75) is 13.0 Å². The Morgan fingerprint density at radius 3 is 2.81 bits per heavy atom. The summed E-state index contributed by atoms with van der Waals surface area (Å²) in [5, 5.41) is 3.87. The Hall–Kier alpha value is -2.82. The Morgan fingerprint density at radius 1 is 1.29 bits per heavy atom. The van der Waals surface area contributed by atoms with Gasteiger partial charge in [-0.25, -0.2) is 4.98 Å². The van der Waals surface area contributed by atoms with Crippen LogP contribution in [0, 0.1) is 0 Å². The van der Waals surface area contributed by atoms with Crippen LogP contribution in [0.5, 0.6) is 0 Å². The van der Waals surface area contributed by atoms with Crippen molar-refractivity contribution in [1.29, 1.82) is 0 Å². The minimum absolute atomic E-state index is 0.246. The number of rotatable bonds is 3. The van der Waals surface area contributed by atoms with Crippen molar-refractivity contribution >= 4 is 22.6 Å². The molecule has 1 unspecified atom stereocenters. The normalized spacial score (nSPS) is 12.2. The fourth-order valence-corrected chi connectivity index (χ4v) is 2.10. The Bertz CT molecular complexity index is 745. The number of nitrogen functional groups attached to an aromatic ring is 1. The van der Waals surface area contributed by atoms with Gasteiger partial charge in [-0.15, -0.1) is 0 Å². The number of carbonyl (C=O) groups is 1. The van der Waals surface area contributed by atoms with Crippen LogP contribution in [-0.4, -0.2) is 10.9 Å². The summed E-state index contributed by atoms with van der Waals surface area (Å²) in [7, 11) is 0. The second-order valence-electron chi connectivity index (χ2n) is 4.86. The maximum Gasteiger partial charge on any atom is 0.270 e. The number of benzene rings is 1. The average molecular weight is 281 g/mol. The number of pyridine rings is 1. The van der Waals surface area contributed by atoms with Crippen molar-refractivity contribution in [2.24, 2.45) is 0 Å². The topological polar surface area (TPSA) is 81.2 Å². The third kappa shape index (κ3) is 2.72. The lowest BCUT2D eigenvalue weighted by atomic mass is 10.2. The first-order valence-corrected chi connectivity index (χ1v) is 6.64. The van der Waals surface area contributed by atoms with Crippen LogP contribution in [0.2, 0.25) is 0 Å². The van der Waals surface area contributed by atoms with Crippen molar-refractivity contribution in [3.05, 3.63) is 60.1 Å². The Kier molecular flexibility index (Phi) is 3.31. The van der Waals surface area contributed by atoms with Gasteiger partial charge in [0.15, 0.2) is 0 Å². The maximum absolute atomic E-state index is 12.1. The highest BCUT2D eigenvalue weighted by Gasteiger charge is 2.15. The van der Waals surface area contributed by atoms with E-state index in [0.717, 1.165) is 11.0 Å². The number of nitrogens with one attached hydrogen (secondary N) is 1. The van der Waals surface area contributed by atoms with Gasteiger partial charge in [-0.3, -0.25) is 4.79 Å². The van der Waals surface area contributed by atoms with Gasteiger partial charge in [0.25, 0.3) is 5.91 Å². The van der Waals surface area contributed by atoms with E-state index in [2.05, 4.69) is 10.3 Å². The number of aromatic nitrogens is 1. The van der Waals surface area contributed by atoms with Gasteiger partial charge in [0.05, 0.1) is 17.9 Å². The van der Waals surface area contributed by atoms with Crippen LogP contribution in [0.1, 0.15) is 29.2 Å². The Labute approximate surface area is 121 Å². The largest absolute Gasteiger partial charge is 0.459 e. The Morgan fingerprint density at radius 2 is 2.10 bits per heavy atom. The molecule has 5 nitrogen and oxygen atoms in total. The molecule has 0 saturated carbocycles. The molecule has 106 valence electrons. The molecule has 3 aromatic rings. The van der Waals surface area contributed by atoms with E-state index in [1.807, 2.05) is 37.3 Å². The van der Waals surface area contributed by atoms with Crippen LogP contribution in [0.3, 0.4) is 0 Å². The second-order valence-corrected chi connectivity index (χ2v) is 4.86. The lowest BCUT2D eigenvalue weighted by molar-refractivity contribution is 0.0930. The summed E-state index contributed by atoms with van der Waals surface area (Å²) in [5.41, 5.74) is 7.21. The summed E-state index contributed by atoms with van der Waals surface area (Å²) >= 11 is 0. The molecular formula is C16H15N3O2. The van der Waals surface area contributed by atoms with E-state index in [1.54, 1.807) is 12.1 Å². The van der Waals surface area contributed by atoms with E-state index in [0.29, 0.717) is 17.1 Å². The minimum atomic E-state index is -0.261. The lowest BCUT2D eigenvalue weighted by Crippen LogP contribution is -2.27. The first kappa shape index (κ1) is 13.2. The van der Waals surface area contributed by atoms with Crippen molar-refractivity contribution in [1.82, 2.24) is 10.3 Å². The van der Waals surface area contributed by atoms with Crippen molar-refractivity contribution in [3.8, 4) is 0 Å². The minimum Gasteiger partial charge on any atom is -0.459 e. The second kappa shape index (κ2) is 5.28. The standard InChI is InChI=1S/C16H15N3O2/c1-10(15-8-11-4-2-3-5-14(11)21-15)19-16(20)13-7-6-12(17)9-18-13/h2-10H,17H2,1H3,(H,19,20). The highest BCUT2D eigenvalue weighted by Crippen LogP contribution is 2.23. The van der Waals surface area contributed by atoms with E-state index in [-0.39, 0.29) is 11.9 Å². The zero-order chi connectivity index (χ0) is 14.8. The van der Waals surface area contributed by atoms with Crippen molar-refractivity contribution in [3.63, 3.8) is 0 Å². The molecule has 0 fully saturated rings. The highest BCUT2D eigenvalue weighted by atomic mass is 16.3. The third-order valence-electron chi connectivity index (χ3n) is 3.24. The molecule has 1 atom stereocenters. The highest BCUT2D eigenvalue weighted by molar-refractivity contribution is 5.92. The number of furan rings is 1. The van der Waals surface area contributed by atoms with Gasteiger partial charge in [0.2, 0.25) is 0 Å². The number of amides is 1. The van der Waals surface area contributed by atoms with E-state index in [9.17, 15) is 4.79 Å². The summed E-state index contributed by atoms with van der Waals surface area (Å²) < 4.78 is 5.73. The van der Waals surface area contributed by atoms with Crippen LogP contribution in [-0.2, 0) is 0 Å². The summed E-state index contributed by atoms with van der Waals surface area (Å²) in [6, 6.07) is 12.7. The van der Waals surface area contributed by atoms with Crippen LogP contribution in [0.15, 0.2) is 53.1 Å². The van der Waals surface area contributed by atoms with Crippen LogP contribution in [0.4, 0.5) is 5.69 Å². The zero-order valence-electron chi connectivity index (χ0n) is 11.5. The molecule has 2 aromatic heterocycles. The molecular weight excluding hydrogens is 266 g/mol. The van der Waals surface area contributed by atoms with E-state index in [1.165, 1.54) is 6.20 Å². The van der Waals surface area contributed by atoms with Crippen LogP contribution < -0.4 is 11.1 Å². The molecule has 2 heterocycles. The number of para-hydroxylation sites is 1. The summed E-state index contributed by atoms with van der Waals surface area (Å²) in [6.07, 6.45) is 1.46. The van der Waals surface area contributed by atoms with Crippen molar-refractivity contribution in [2.75, 3.05) is 5.73 Å². The number of nitrogens with two attached hydrogens (primary N) is 1. The Balaban J connectivity index is 1.77. The molecule has 0 spiro atoms. The number of carbonyl (C=O) groups excluding carboxylic acids is 1. The molecule has 3 rings (SSSR count). The van der Waals surface area contributed by atoms with Crippen molar-refractivity contribution < 1.29 is 9.21 Å². The van der Waals surface area contributed by atoms with Crippen LogP contribution in [0.25, 0.3) is 11.0 Å². The number of hydrogen-bond donors (Lipinski definition) is 2. The van der Waals surface area contributed by atoms with Gasteiger partial charge < -0.3 is 15.5 Å². The van der Waals surface area contributed by atoms with Gasteiger partial charge in [-0.2, -0.15) is 0 Å². The molecule has 0 saturated heterocycles. The summed E-state index contributed by atoms with van der Waals surface area (Å²) in [5.74, 6) is 0.447. The van der Waals surface area contributed by atoms with Crippen LogP contribution >= 0.6 is 0 Å². The predicted octanol–water partition coefficient (Wildman–Crippen LogP) is 2.90. The average Bonchev–Trinajstić information content (AvgIpc) is 2.92. The molecule has 21 heavy (non-hydrogen) atoms. The number of nitrogens with zero attached hydrogens (tertiary/aromatic N) is 1. The number of hydrogen-bond acceptors (Lipinski definition) is 4. The fourth-order valence-electron chi connectivity index (χ4n) is 2.10. The molecule has 0 aliphatic carbocycles.